The average Bonchev–Trinajstić information content (AvgIpc) is 2.87. The summed E-state index contributed by atoms with van der Waals surface area (Å²) in [7, 11) is 0. The van der Waals surface area contributed by atoms with Crippen LogP contribution < -0.4 is 10.6 Å². The largest absolute Gasteiger partial charge is 0.449 e. The average molecular weight is 257 g/mol. The fraction of sp³-hybridized carbons (Fsp3) is 0.400. The fourth-order valence-electron chi connectivity index (χ4n) is 2.44. The van der Waals surface area contributed by atoms with Crippen molar-refractivity contribution in [3.8, 4) is 11.3 Å². The van der Waals surface area contributed by atoms with Crippen LogP contribution in [0.5, 0.6) is 0 Å². The summed E-state index contributed by atoms with van der Waals surface area (Å²) in [5, 5.41) is 6.97. The van der Waals surface area contributed by atoms with Crippen molar-refractivity contribution in [2.45, 2.75) is 25.8 Å². The Balaban J connectivity index is 1.68. The van der Waals surface area contributed by atoms with Gasteiger partial charge in [0.1, 0.15) is 12.0 Å². The predicted octanol–water partition coefficient (Wildman–Crippen LogP) is 2.81. The summed E-state index contributed by atoms with van der Waals surface area (Å²) in [5.41, 5.74) is 3.14. The number of hydrogen-bond acceptors (Lipinski definition) is 4. The van der Waals surface area contributed by atoms with Crippen LogP contribution in [0.25, 0.3) is 11.3 Å². The lowest BCUT2D eigenvalue weighted by Gasteiger charge is -2.24. The molecule has 1 unspecified atom stereocenters. The molecule has 4 nitrogen and oxygen atoms in total. The summed E-state index contributed by atoms with van der Waals surface area (Å²) in [6.07, 6.45) is 4.17. The van der Waals surface area contributed by atoms with Gasteiger partial charge in [0, 0.05) is 30.8 Å². The molecule has 1 saturated heterocycles. The van der Waals surface area contributed by atoms with Crippen molar-refractivity contribution in [2.24, 2.45) is 0 Å². The Morgan fingerprint density at radius 2 is 2.16 bits per heavy atom. The van der Waals surface area contributed by atoms with Gasteiger partial charge in [0.15, 0.2) is 5.89 Å². The molecule has 2 heterocycles. The lowest BCUT2D eigenvalue weighted by Crippen LogP contribution is -2.38. The zero-order valence-corrected chi connectivity index (χ0v) is 11.1. The minimum Gasteiger partial charge on any atom is -0.449 e. The topological polar surface area (TPSA) is 50.1 Å². The van der Waals surface area contributed by atoms with E-state index < -0.39 is 0 Å². The summed E-state index contributed by atoms with van der Waals surface area (Å²) in [6.45, 7) is 4.04. The van der Waals surface area contributed by atoms with Crippen molar-refractivity contribution in [2.75, 3.05) is 18.4 Å². The Labute approximate surface area is 113 Å². The first-order valence-corrected chi connectivity index (χ1v) is 6.81. The maximum absolute atomic E-state index is 5.24. The second-order valence-electron chi connectivity index (χ2n) is 5.02. The highest BCUT2D eigenvalue weighted by Gasteiger charge is 2.12. The van der Waals surface area contributed by atoms with Crippen LogP contribution in [-0.2, 0) is 0 Å². The van der Waals surface area contributed by atoms with Gasteiger partial charge in [0.25, 0.3) is 0 Å². The highest BCUT2D eigenvalue weighted by Crippen LogP contribution is 2.21. The first kappa shape index (κ1) is 12.2. The summed E-state index contributed by atoms with van der Waals surface area (Å²) in [4.78, 5) is 4.33. The molecule has 0 saturated carbocycles. The van der Waals surface area contributed by atoms with Gasteiger partial charge in [-0.25, -0.2) is 4.98 Å². The Hall–Kier alpha value is -1.81. The maximum atomic E-state index is 5.24. The van der Waals surface area contributed by atoms with Gasteiger partial charge in [0.05, 0.1) is 0 Å². The highest BCUT2D eigenvalue weighted by atomic mass is 16.3. The molecule has 1 aliphatic heterocycles. The Bertz CT molecular complexity index is 527. The van der Waals surface area contributed by atoms with Crippen molar-refractivity contribution in [1.29, 1.82) is 0 Å². The summed E-state index contributed by atoms with van der Waals surface area (Å²) >= 11 is 0. The van der Waals surface area contributed by atoms with Gasteiger partial charge in [0.2, 0.25) is 0 Å². The molecule has 1 aromatic carbocycles. The van der Waals surface area contributed by atoms with Gasteiger partial charge >= 0.3 is 0 Å². The van der Waals surface area contributed by atoms with Crippen molar-refractivity contribution >= 4 is 5.69 Å². The number of nitrogens with zero attached hydrogens (tertiary/aromatic N) is 1. The number of rotatable bonds is 3. The van der Waals surface area contributed by atoms with Gasteiger partial charge in [-0.3, -0.25) is 0 Å². The van der Waals surface area contributed by atoms with E-state index >= 15 is 0 Å². The second kappa shape index (κ2) is 5.45. The molecule has 3 rings (SSSR count). The molecule has 100 valence electrons. The van der Waals surface area contributed by atoms with Gasteiger partial charge in [-0.05, 0) is 31.5 Å². The SMILES string of the molecule is Cc1nc(-c2ccc(NC3CCCNC3)cc2)co1. The lowest BCUT2D eigenvalue weighted by atomic mass is 10.1. The first-order chi connectivity index (χ1) is 9.31. The van der Waals surface area contributed by atoms with Crippen molar-refractivity contribution in [3.05, 3.63) is 36.4 Å². The van der Waals surface area contributed by atoms with Crippen LogP contribution in [0.2, 0.25) is 0 Å². The smallest absolute Gasteiger partial charge is 0.191 e. The number of oxazole rings is 1. The predicted molar refractivity (Wildman–Crippen MR) is 76.2 cm³/mol. The van der Waals surface area contributed by atoms with E-state index in [1.807, 2.05) is 6.92 Å². The third kappa shape index (κ3) is 2.96. The summed E-state index contributed by atoms with van der Waals surface area (Å²) < 4.78 is 5.24. The lowest BCUT2D eigenvalue weighted by molar-refractivity contribution is 0.480. The molecule has 0 spiro atoms. The number of hydrogen-bond donors (Lipinski definition) is 2. The van der Waals surface area contributed by atoms with E-state index in [0.717, 1.165) is 30.0 Å². The van der Waals surface area contributed by atoms with Crippen LogP contribution in [0.15, 0.2) is 34.9 Å². The molecule has 4 heteroatoms. The zero-order valence-electron chi connectivity index (χ0n) is 11.1. The maximum Gasteiger partial charge on any atom is 0.191 e. The molecule has 2 aromatic rings. The van der Waals surface area contributed by atoms with Crippen molar-refractivity contribution < 1.29 is 4.42 Å². The Morgan fingerprint density at radius 3 is 2.79 bits per heavy atom. The van der Waals surface area contributed by atoms with Gasteiger partial charge in [-0.15, -0.1) is 0 Å². The standard InChI is InChI=1S/C15H19N3O/c1-11-17-15(10-19-11)12-4-6-13(7-5-12)18-14-3-2-8-16-9-14/h4-7,10,14,16,18H,2-3,8-9H2,1H3. The molecule has 0 aliphatic carbocycles. The van der Waals surface area contributed by atoms with Gasteiger partial charge in [-0.1, -0.05) is 12.1 Å². The molecule has 1 aliphatic rings. The normalized spacial score (nSPS) is 19.3. The van der Waals surface area contributed by atoms with Crippen LogP contribution in [0.1, 0.15) is 18.7 Å². The third-order valence-corrected chi connectivity index (χ3v) is 3.47. The molecule has 0 radical (unpaired) electrons. The number of piperidine rings is 1. The molecular weight excluding hydrogens is 238 g/mol. The zero-order chi connectivity index (χ0) is 13.1. The van der Waals surface area contributed by atoms with Crippen molar-refractivity contribution in [1.82, 2.24) is 10.3 Å². The number of aromatic nitrogens is 1. The monoisotopic (exact) mass is 257 g/mol. The third-order valence-electron chi connectivity index (χ3n) is 3.47. The minimum absolute atomic E-state index is 0.536. The van der Waals surface area contributed by atoms with Crippen LogP contribution in [0.3, 0.4) is 0 Å². The van der Waals surface area contributed by atoms with Gasteiger partial charge in [-0.2, -0.15) is 0 Å². The molecule has 0 bridgehead atoms. The second-order valence-corrected chi connectivity index (χ2v) is 5.02. The van der Waals surface area contributed by atoms with E-state index in [0.29, 0.717) is 11.9 Å². The minimum atomic E-state index is 0.536. The molecular formula is C15H19N3O. The first-order valence-electron chi connectivity index (χ1n) is 6.81. The van der Waals surface area contributed by atoms with Crippen molar-refractivity contribution in [3.63, 3.8) is 0 Å². The van der Waals surface area contributed by atoms with Crippen LogP contribution >= 0.6 is 0 Å². The Kier molecular flexibility index (Phi) is 3.51. The molecule has 1 aromatic heterocycles. The quantitative estimate of drug-likeness (QED) is 0.887. The van der Waals surface area contributed by atoms with E-state index in [4.69, 9.17) is 4.42 Å². The Morgan fingerprint density at radius 1 is 1.32 bits per heavy atom. The van der Waals surface area contributed by atoms with E-state index in [1.165, 1.54) is 12.8 Å². The van der Waals surface area contributed by atoms with E-state index in [2.05, 4.69) is 39.9 Å². The van der Waals surface area contributed by atoms with Crippen LogP contribution in [0, 0.1) is 6.92 Å². The molecule has 1 fully saturated rings. The fourth-order valence-corrected chi connectivity index (χ4v) is 2.44. The highest BCUT2D eigenvalue weighted by molar-refractivity contribution is 5.62. The molecule has 0 amide bonds. The van der Waals surface area contributed by atoms with E-state index in [1.54, 1.807) is 6.26 Å². The number of nitrogens with one attached hydrogen (secondary N) is 2. The summed E-state index contributed by atoms with van der Waals surface area (Å²) in [5.74, 6) is 0.700. The molecule has 2 N–H and O–H groups in total. The van der Waals surface area contributed by atoms with E-state index in [9.17, 15) is 0 Å². The van der Waals surface area contributed by atoms with Crippen LogP contribution in [0.4, 0.5) is 5.69 Å². The molecule has 19 heavy (non-hydrogen) atoms. The number of anilines is 1. The molecule has 1 atom stereocenters. The number of benzene rings is 1. The van der Waals surface area contributed by atoms with E-state index in [-0.39, 0.29) is 0 Å². The van der Waals surface area contributed by atoms with Gasteiger partial charge < -0.3 is 15.1 Å². The van der Waals surface area contributed by atoms with Crippen LogP contribution in [-0.4, -0.2) is 24.1 Å². The number of aryl methyl sites for hydroxylation is 1. The summed E-state index contributed by atoms with van der Waals surface area (Å²) in [6, 6.07) is 8.90.